The molecule has 6 nitrogen and oxygen atoms in total. The molecule has 16 heavy (non-hydrogen) atoms. The summed E-state index contributed by atoms with van der Waals surface area (Å²) >= 11 is 7.41. The highest BCUT2D eigenvalue weighted by Gasteiger charge is 2.21. The van der Waals surface area contributed by atoms with E-state index in [9.17, 15) is 19.5 Å². The van der Waals surface area contributed by atoms with Gasteiger partial charge in [0, 0.05) is 0 Å². The Kier molecular flexibility index (Phi) is 6.98. The van der Waals surface area contributed by atoms with E-state index in [1.165, 1.54) is 6.92 Å². The summed E-state index contributed by atoms with van der Waals surface area (Å²) in [7, 11) is 0. The molecule has 0 aromatic heterocycles. The lowest BCUT2D eigenvalue weighted by atomic mass is 10.1. The van der Waals surface area contributed by atoms with Crippen LogP contribution in [-0.4, -0.2) is 41.4 Å². The van der Waals surface area contributed by atoms with E-state index in [2.05, 4.69) is 35.9 Å². The van der Waals surface area contributed by atoms with Crippen molar-refractivity contribution in [3.05, 3.63) is 0 Å². The van der Waals surface area contributed by atoms with Crippen LogP contribution in [0.3, 0.4) is 0 Å². The highest BCUT2D eigenvalue weighted by atomic mass is 32.1. The Morgan fingerprint density at radius 1 is 1.12 bits per heavy atom. The van der Waals surface area contributed by atoms with Gasteiger partial charge in [0.05, 0.1) is 29.6 Å². The van der Waals surface area contributed by atoms with E-state index < -0.39 is 29.9 Å². The number of rotatable bonds is 6. The highest BCUT2D eigenvalue weighted by molar-refractivity contribution is 7.81. The van der Waals surface area contributed by atoms with Gasteiger partial charge in [-0.2, -0.15) is 25.3 Å². The minimum Gasteiger partial charge on any atom is -0.548 e. The summed E-state index contributed by atoms with van der Waals surface area (Å²) in [5.74, 6) is -2.66. The maximum absolute atomic E-state index is 11.0. The maximum Gasteiger partial charge on any atom is 0.230 e. The van der Waals surface area contributed by atoms with Crippen molar-refractivity contribution in [2.75, 3.05) is 11.5 Å². The van der Waals surface area contributed by atoms with Crippen LogP contribution in [0, 0.1) is 0 Å². The van der Waals surface area contributed by atoms with Crippen LogP contribution in [-0.2, 0) is 14.4 Å². The Morgan fingerprint density at radius 3 is 1.94 bits per heavy atom. The Morgan fingerprint density at radius 2 is 1.56 bits per heavy atom. The lowest BCUT2D eigenvalue weighted by Gasteiger charge is -2.26. The van der Waals surface area contributed by atoms with Gasteiger partial charge < -0.3 is 20.5 Å². The van der Waals surface area contributed by atoms with Gasteiger partial charge in [-0.25, -0.2) is 0 Å². The van der Waals surface area contributed by atoms with Crippen LogP contribution in [0.5, 0.6) is 0 Å². The quantitative estimate of drug-likeness (QED) is 0.402. The zero-order valence-electron chi connectivity index (χ0n) is 8.60. The summed E-state index contributed by atoms with van der Waals surface area (Å²) in [4.78, 5) is 32.7. The first-order chi connectivity index (χ1) is 7.42. The molecule has 0 spiro atoms. The van der Waals surface area contributed by atoms with Gasteiger partial charge in [-0.15, -0.1) is 0 Å². The molecule has 0 radical (unpaired) electrons. The van der Waals surface area contributed by atoms with E-state index >= 15 is 0 Å². The number of carbonyl (C=O) groups excluding carboxylic acids is 3. The van der Waals surface area contributed by atoms with Crippen molar-refractivity contribution in [3.8, 4) is 0 Å². The van der Waals surface area contributed by atoms with E-state index in [4.69, 9.17) is 0 Å². The number of carboxylic acids is 1. The minimum absolute atomic E-state index is 0.0649. The first kappa shape index (κ1) is 15.1. The fourth-order valence-corrected chi connectivity index (χ4v) is 1.17. The van der Waals surface area contributed by atoms with Crippen LogP contribution >= 0.6 is 25.3 Å². The number of hydrogen-bond acceptors (Lipinski definition) is 6. The van der Waals surface area contributed by atoms with Crippen molar-refractivity contribution in [2.24, 2.45) is 0 Å². The number of hydrogen-bond donors (Lipinski definition) is 4. The second kappa shape index (κ2) is 7.39. The molecule has 0 aromatic rings. The smallest absolute Gasteiger partial charge is 0.230 e. The van der Waals surface area contributed by atoms with Crippen molar-refractivity contribution < 1.29 is 19.5 Å². The summed E-state index contributed by atoms with van der Waals surface area (Å²) in [6.07, 6.45) is 0. The standard InChI is InChI=1S/C8H14N2O4S2/c1-4(9-5(11)2-15)7(8(13)14)10-6(12)3-16/h4,7,15-16H,2-3H2,1H3,(H,9,11)(H,10,12)(H,13,14)/p-1. The predicted octanol–water partition coefficient (Wildman–Crippen LogP) is -2.41. The fourth-order valence-electron chi connectivity index (χ4n) is 0.990. The largest absolute Gasteiger partial charge is 0.548 e. The third-order valence-electron chi connectivity index (χ3n) is 1.75. The third-order valence-corrected chi connectivity index (χ3v) is 2.32. The molecule has 0 aliphatic carbocycles. The average Bonchev–Trinajstić information content (AvgIpc) is 2.24. The molecule has 0 saturated carbocycles. The van der Waals surface area contributed by atoms with E-state index in [-0.39, 0.29) is 11.5 Å². The molecule has 0 aliphatic heterocycles. The van der Waals surface area contributed by atoms with E-state index in [1.807, 2.05) is 0 Å². The Balaban J connectivity index is 4.46. The summed E-state index contributed by atoms with van der Waals surface area (Å²) in [6, 6.07) is -2.07. The molecule has 2 amide bonds. The first-order valence-corrected chi connectivity index (χ1v) is 5.70. The number of carboxylic acid groups (broad SMARTS) is 1. The second-order valence-electron chi connectivity index (χ2n) is 3.04. The topological polar surface area (TPSA) is 98.3 Å². The van der Waals surface area contributed by atoms with Gasteiger partial charge >= 0.3 is 0 Å². The summed E-state index contributed by atoms with van der Waals surface area (Å²) in [5, 5.41) is 15.3. The Hall–Kier alpha value is -0.890. The zero-order chi connectivity index (χ0) is 12.7. The molecule has 8 heteroatoms. The van der Waals surface area contributed by atoms with Crippen molar-refractivity contribution in [1.82, 2.24) is 10.6 Å². The van der Waals surface area contributed by atoms with Crippen molar-refractivity contribution >= 4 is 43.0 Å². The average molecular weight is 265 g/mol. The van der Waals surface area contributed by atoms with Gasteiger partial charge in [0.15, 0.2) is 0 Å². The lowest BCUT2D eigenvalue weighted by molar-refractivity contribution is -0.308. The summed E-state index contributed by atoms with van der Waals surface area (Å²) in [5.41, 5.74) is 0. The molecule has 0 rings (SSSR count). The molecule has 2 N–H and O–H groups in total. The molecule has 0 aliphatic rings. The number of carbonyl (C=O) groups is 3. The first-order valence-electron chi connectivity index (χ1n) is 4.43. The molecule has 0 heterocycles. The van der Waals surface area contributed by atoms with E-state index in [0.717, 1.165) is 0 Å². The molecular formula is C8H13N2O4S2-. The molecule has 0 aromatic carbocycles. The van der Waals surface area contributed by atoms with E-state index in [0.29, 0.717) is 0 Å². The second-order valence-corrected chi connectivity index (χ2v) is 3.67. The Labute approximate surface area is 104 Å². The van der Waals surface area contributed by atoms with Gasteiger partial charge in [0.2, 0.25) is 11.8 Å². The number of thiol groups is 2. The summed E-state index contributed by atoms with van der Waals surface area (Å²) in [6.45, 7) is 1.45. The zero-order valence-corrected chi connectivity index (χ0v) is 10.4. The van der Waals surface area contributed by atoms with Gasteiger partial charge in [-0.1, -0.05) is 0 Å². The molecule has 0 fully saturated rings. The predicted molar refractivity (Wildman–Crippen MR) is 62.2 cm³/mol. The van der Waals surface area contributed by atoms with Crippen LogP contribution in [0.2, 0.25) is 0 Å². The van der Waals surface area contributed by atoms with Crippen LogP contribution in [0.4, 0.5) is 0 Å². The lowest BCUT2D eigenvalue weighted by Crippen LogP contribution is -2.58. The number of nitrogens with one attached hydrogen (secondary N) is 2. The van der Waals surface area contributed by atoms with Gasteiger partial charge in [0.25, 0.3) is 0 Å². The monoisotopic (exact) mass is 265 g/mol. The molecule has 92 valence electrons. The van der Waals surface area contributed by atoms with Gasteiger partial charge in [-0.3, -0.25) is 9.59 Å². The number of amides is 2. The fraction of sp³-hybridized carbons (Fsp3) is 0.625. The summed E-state index contributed by atoms with van der Waals surface area (Å²) < 4.78 is 0. The molecule has 2 unspecified atom stereocenters. The van der Waals surface area contributed by atoms with Crippen molar-refractivity contribution in [1.29, 1.82) is 0 Å². The van der Waals surface area contributed by atoms with Crippen LogP contribution in [0.1, 0.15) is 6.92 Å². The normalized spacial score (nSPS) is 13.7. The third kappa shape index (κ3) is 5.26. The minimum atomic E-state index is -1.47. The van der Waals surface area contributed by atoms with Crippen molar-refractivity contribution in [3.63, 3.8) is 0 Å². The number of aliphatic carboxylic acids is 1. The van der Waals surface area contributed by atoms with Gasteiger partial charge in [0.1, 0.15) is 0 Å². The molecule has 2 atom stereocenters. The maximum atomic E-state index is 11.0. The van der Waals surface area contributed by atoms with E-state index in [1.54, 1.807) is 0 Å². The van der Waals surface area contributed by atoms with Crippen LogP contribution in [0.15, 0.2) is 0 Å². The van der Waals surface area contributed by atoms with Crippen molar-refractivity contribution in [2.45, 2.75) is 19.0 Å². The van der Waals surface area contributed by atoms with Crippen LogP contribution in [0.25, 0.3) is 0 Å². The molecule has 0 saturated heterocycles. The molecular weight excluding hydrogens is 252 g/mol. The van der Waals surface area contributed by atoms with Gasteiger partial charge in [-0.05, 0) is 6.92 Å². The SMILES string of the molecule is CC(NC(=O)CS)C(NC(=O)CS)C(=O)[O-]. The highest BCUT2D eigenvalue weighted by Crippen LogP contribution is 1.94. The Bertz CT molecular complexity index is 285. The van der Waals surface area contributed by atoms with Crippen LogP contribution < -0.4 is 15.7 Å². The molecule has 0 bridgehead atoms.